The van der Waals surface area contributed by atoms with Gasteiger partial charge in [0.05, 0.1) is 6.10 Å². The molecule has 1 atom stereocenters. The third-order valence-electron chi connectivity index (χ3n) is 2.80. The summed E-state index contributed by atoms with van der Waals surface area (Å²) >= 11 is 0. The molecule has 0 aromatic heterocycles. The number of phenols is 1. The van der Waals surface area contributed by atoms with Crippen LogP contribution in [-0.2, 0) is 6.42 Å². The lowest BCUT2D eigenvalue weighted by Gasteiger charge is -2.10. The van der Waals surface area contributed by atoms with Gasteiger partial charge in [0.15, 0.2) is 0 Å². The Morgan fingerprint density at radius 1 is 1.06 bits per heavy atom. The summed E-state index contributed by atoms with van der Waals surface area (Å²) in [5, 5.41) is 18.9. The van der Waals surface area contributed by atoms with Gasteiger partial charge in [0.1, 0.15) is 5.75 Å². The Morgan fingerprint density at radius 2 is 1.75 bits per heavy atom. The number of benzene rings is 1. The zero-order valence-corrected chi connectivity index (χ0v) is 10.0. The van der Waals surface area contributed by atoms with Crippen molar-refractivity contribution in [1.82, 2.24) is 0 Å². The number of hydrogen-bond acceptors (Lipinski definition) is 2. The van der Waals surface area contributed by atoms with Crippen LogP contribution >= 0.6 is 0 Å². The molecule has 0 amide bonds. The topological polar surface area (TPSA) is 40.5 Å². The molecule has 1 aromatic rings. The van der Waals surface area contributed by atoms with Crippen molar-refractivity contribution in [3.8, 4) is 5.75 Å². The van der Waals surface area contributed by atoms with Gasteiger partial charge in [-0.15, -0.1) is 0 Å². The molecule has 0 spiro atoms. The standard InChI is InChI=1S/C14H22O2/c1-2-3-4-5-6-14(16)11-12-7-9-13(15)10-8-12/h7-10,14-16H,2-6,11H2,1H3. The average Bonchev–Trinajstić information content (AvgIpc) is 2.28. The average molecular weight is 222 g/mol. The highest BCUT2D eigenvalue weighted by molar-refractivity contribution is 5.26. The summed E-state index contributed by atoms with van der Waals surface area (Å²) in [6.45, 7) is 2.19. The van der Waals surface area contributed by atoms with Crippen molar-refractivity contribution in [3.05, 3.63) is 29.8 Å². The van der Waals surface area contributed by atoms with Gasteiger partial charge in [0.2, 0.25) is 0 Å². The summed E-state index contributed by atoms with van der Waals surface area (Å²) in [6, 6.07) is 7.06. The minimum Gasteiger partial charge on any atom is -0.508 e. The molecular formula is C14H22O2. The normalized spacial score (nSPS) is 12.6. The van der Waals surface area contributed by atoms with Gasteiger partial charge in [0.25, 0.3) is 0 Å². The molecule has 1 unspecified atom stereocenters. The summed E-state index contributed by atoms with van der Waals surface area (Å²) in [6.07, 6.45) is 6.12. The van der Waals surface area contributed by atoms with E-state index in [4.69, 9.17) is 5.11 Å². The molecule has 0 aliphatic carbocycles. The van der Waals surface area contributed by atoms with Crippen molar-refractivity contribution >= 4 is 0 Å². The molecule has 1 rings (SSSR count). The minimum absolute atomic E-state index is 0.249. The van der Waals surface area contributed by atoms with Gasteiger partial charge in [0, 0.05) is 0 Å². The molecule has 0 radical (unpaired) electrons. The fraction of sp³-hybridized carbons (Fsp3) is 0.571. The number of aromatic hydroxyl groups is 1. The Labute approximate surface area is 97.9 Å². The number of phenolic OH excluding ortho intramolecular Hbond substituents is 1. The minimum atomic E-state index is -0.249. The van der Waals surface area contributed by atoms with Gasteiger partial charge in [-0.05, 0) is 30.5 Å². The van der Waals surface area contributed by atoms with Crippen LogP contribution in [0.2, 0.25) is 0 Å². The van der Waals surface area contributed by atoms with E-state index in [0.717, 1.165) is 18.4 Å². The summed E-state index contributed by atoms with van der Waals surface area (Å²) in [5.41, 5.74) is 1.08. The molecular weight excluding hydrogens is 200 g/mol. The van der Waals surface area contributed by atoms with E-state index in [0.29, 0.717) is 6.42 Å². The maximum absolute atomic E-state index is 9.81. The zero-order valence-electron chi connectivity index (χ0n) is 10.0. The van der Waals surface area contributed by atoms with Gasteiger partial charge in [-0.1, -0.05) is 44.7 Å². The molecule has 0 saturated carbocycles. The maximum Gasteiger partial charge on any atom is 0.115 e. The number of unbranched alkanes of at least 4 members (excludes halogenated alkanes) is 3. The molecule has 0 heterocycles. The highest BCUT2D eigenvalue weighted by Crippen LogP contribution is 2.14. The van der Waals surface area contributed by atoms with E-state index in [1.54, 1.807) is 12.1 Å². The Kier molecular flexibility index (Phi) is 5.94. The number of rotatable bonds is 7. The zero-order chi connectivity index (χ0) is 11.8. The fourth-order valence-electron chi connectivity index (χ4n) is 1.81. The molecule has 0 aliphatic rings. The van der Waals surface area contributed by atoms with E-state index in [2.05, 4.69) is 6.92 Å². The smallest absolute Gasteiger partial charge is 0.115 e. The monoisotopic (exact) mass is 222 g/mol. The largest absolute Gasteiger partial charge is 0.508 e. The van der Waals surface area contributed by atoms with Crippen molar-refractivity contribution in [3.63, 3.8) is 0 Å². The van der Waals surface area contributed by atoms with Crippen LogP contribution in [0.5, 0.6) is 5.75 Å². The Bertz CT molecular complexity index is 279. The van der Waals surface area contributed by atoms with E-state index in [9.17, 15) is 5.11 Å². The van der Waals surface area contributed by atoms with Gasteiger partial charge in [-0.3, -0.25) is 0 Å². The van der Waals surface area contributed by atoms with Crippen LogP contribution in [0.3, 0.4) is 0 Å². The summed E-state index contributed by atoms with van der Waals surface area (Å²) in [7, 11) is 0. The van der Waals surface area contributed by atoms with E-state index < -0.39 is 0 Å². The predicted molar refractivity (Wildman–Crippen MR) is 66.6 cm³/mol. The van der Waals surface area contributed by atoms with Crippen LogP contribution in [0.25, 0.3) is 0 Å². The maximum atomic E-state index is 9.81. The number of aliphatic hydroxyl groups excluding tert-OH is 1. The highest BCUT2D eigenvalue weighted by atomic mass is 16.3. The van der Waals surface area contributed by atoms with Crippen LogP contribution in [0.15, 0.2) is 24.3 Å². The van der Waals surface area contributed by atoms with E-state index in [-0.39, 0.29) is 11.9 Å². The Balaban J connectivity index is 2.23. The Morgan fingerprint density at radius 3 is 2.38 bits per heavy atom. The quantitative estimate of drug-likeness (QED) is 0.695. The van der Waals surface area contributed by atoms with Gasteiger partial charge < -0.3 is 10.2 Å². The third kappa shape index (κ3) is 5.17. The van der Waals surface area contributed by atoms with Crippen molar-refractivity contribution in [2.45, 2.75) is 51.6 Å². The molecule has 16 heavy (non-hydrogen) atoms. The molecule has 2 nitrogen and oxygen atoms in total. The van der Waals surface area contributed by atoms with E-state index in [1.165, 1.54) is 19.3 Å². The first kappa shape index (κ1) is 13.0. The summed E-state index contributed by atoms with van der Waals surface area (Å²) in [4.78, 5) is 0. The molecule has 2 N–H and O–H groups in total. The van der Waals surface area contributed by atoms with Gasteiger partial charge in [-0.25, -0.2) is 0 Å². The molecule has 2 heteroatoms. The number of hydrogen-bond donors (Lipinski definition) is 2. The number of aliphatic hydroxyl groups is 1. The molecule has 0 fully saturated rings. The third-order valence-corrected chi connectivity index (χ3v) is 2.80. The van der Waals surface area contributed by atoms with Crippen molar-refractivity contribution in [2.24, 2.45) is 0 Å². The fourth-order valence-corrected chi connectivity index (χ4v) is 1.81. The molecule has 0 bridgehead atoms. The van der Waals surface area contributed by atoms with Gasteiger partial charge >= 0.3 is 0 Å². The SMILES string of the molecule is CCCCCCC(O)Cc1ccc(O)cc1. The second-order valence-electron chi connectivity index (χ2n) is 4.37. The first-order valence-electron chi connectivity index (χ1n) is 6.18. The molecule has 0 saturated heterocycles. The van der Waals surface area contributed by atoms with E-state index >= 15 is 0 Å². The van der Waals surface area contributed by atoms with Crippen LogP contribution < -0.4 is 0 Å². The van der Waals surface area contributed by atoms with Gasteiger partial charge in [-0.2, -0.15) is 0 Å². The lowest BCUT2D eigenvalue weighted by atomic mass is 10.0. The van der Waals surface area contributed by atoms with Crippen molar-refractivity contribution in [1.29, 1.82) is 0 Å². The van der Waals surface area contributed by atoms with Crippen LogP contribution in [0.1, 0.15) is 44.6 Å². The first-order chi connectivity index (χ1) is 7.72. The predicted octanol–water partition coefficient (Wildman–Crippen LogP) is 3.27. The highest BCUT2D eigenvalue weighted by Gasteiger charge is 2.05. The van der Waals surface area contributed by atoms with Crippen LogP contribution in [-0.4, -0.2) is 16.3 Å². The second-order valence-corrected chi connectivity index (χ2v) is 4.37. The summed E-state index contributed by atoms with van der Waals surface area (Å²) < 4.78 is 0. The molecule has 1 aromatic carbocycles. The van der Waals surface area contributed by atoms with Crippen LogP contribution in [0.4, 0.5) is 0 Å². The van der Waals surface area contributed by atoms with Crippen molar-refractivity contribution in [2.75, 3.05) is 0 Å². The lowest BCUT2D eigenvalue weighted by molar-refractivity contribution is 0.161. The van der Waals surface area contributed by atoms with E-state index in [1.807, 2.05) is 12.1 Å². The molecule has 90 valence electrons. The second kappa shape index (κ2) is 7.29. The lowest BCUT2D eigenvalue weighted by Crippen LogP contribution is -2.10. The Hall–Kier alpha value is -1.02. The summed E-state index contributed by atoms with van der Waals surface area (Å²) in [5.74, 6) is 0.279. The first-order valence-corrected chi connectivity index (χ1v) is 6.18. The van der Waals surface area contributed by atoms with Crippen LogP contribution in [0, 0.1) is 0 Å². The molecule has 0 aliphatic heterocycles. The van der Waals surface area contributed by atoms with Crippen molar-refractivity contribution < 1.29 is 10.2 Å².